The number of hydrogen-bond acceptors (Lipinski definition) is 2. The van der Waals surface area contributed by atoms with E-state index in [9.17, 15) is 4.39 Å². The zero-order chi connectivity index (χ0) is 15.6. The Morgan fingerprint density at radius 3 is 2.52 bits per heavy atom. The molecule has 1 unspecified atom stereocenters. The van der Waals surface area contributed by atoms with Crippen LogP contribution >= 0.6 is 27.5 Å². The number of nitrogens with one attached hydrogen (secondary N) is 1. The minimum atomic E-state index is -0.399. The van der Waals surface area contributed by atoms with Crippen LogP contribution in [0.1, 0.15) is 18.5 Å². The molecule has 5 heteroatoms. The second-order valence-electron chi connectivity index (χ2n) is 5.10. The minimum Gasteiger partial charge on any atom is -0.377 e. The largest absolute Gasteiger partial charge is 0.377 e. The monoisotopic (exact) mass is 370 g/mol. The van der Waals surface area contributed by atoms with Gasteiger partial charge in [-0.15, -0.1) is 0 Å². The Bertz CT molecular complexity index is 646. The average molecular weight is 372 g/mol. The number of anilines is 2. The van der Waals surface area contributed by atoms with Crippen molar-refractivity contribution in [3.63, 3.8) is 0 Å². The Morgan fingerprint density at radius 2 is 1.90 bits per heavy atom. The third-order valence-corrected chi connectivity index (χ3v) is 4.04. The number of nitrogens with zero attached hydrogens (tertiary/aromatic N) is 1. The van der Waals surface area contributed by atoms with Crippen LogP contribution in [0, 0.1) is 5.82 Å². The van der Waals surface area contributed by atoms with Crippen LogP contribution in [-0.2, 0) is 0 Å². The van der Waals surface area contributed by atoms with Crippen LogP contribution in [0.25, 0.3) is 0 Å². The Kier molecular flexibility index (Phi) is 5.12. The van der Waals surface area contributed by atoms with Gasteiger partial charge in [-0.1, -0.05) is 33.6 Å². The van der Waals surface area contributed by atoms with Crippen molar-refractivity contribution in [1.29, 1.82) is 0 Å². The molecule has 0 saturated heterocycles. The first-order valence-electron chi connectivity index (χ1n) is 6.57. The second-order valence-corrected chi connectivity index (χ2v) is 6.42. The fourth-order valence-electron chi connectivity index (χ4n) is 2.11. The van der Waals surface area contributed by atoms with Gasteiger partial charge in [0.1, 0.15) is 5.82 Å². The van der Waals surface area contributed by atoms with Gasteiger partial charge in [-0.2, -0.15) is 0 Å². The molecule has 0 radical (unpaired) electrons. The van der Waals surface area contributed by atoms with E-state index in [0.717, 1.165) is 21.4 Å². The van der Waals surface area contributed by atoms with Gasteiger partial charge in [-0.05, 0) is 42.8 Å². The van der Waals surface area contributed by atoms with Gasteiger partial charge in [0.15, 0.2) is 0 Å². The van der Waals surface area contributed by atoms with E-state index in [4.69, 9.17) is 11.6 Å². The van der Waals surface area contributed by atoms with Crippen molar-refractivity contribution in [2.75, 3.05) is 24.3 Å². The van der Waals surface area contributed by atoms with Crippen molar-refractivity contribution in [2.45, 2.75) is 13.0 Å². The molecule has 2 aromatic rings. The van der Waals surface area contributed by atoms with Crippen molar-refractivity contribution in [1.82, 2.24) is 0 Å². The standard InChI is InChI=1S/C16H17BrClFN2/c1-10(11-4-6-14(19)13(18)8-11)20-15-9-12(17)5-7-16(15)21(2)3/h4-10,20H,1-3H3. The molecule has 0 aliphatic heterocycles. The highest BCUT2D eigenvalue weighted by molar-refractivity contribution is 9.10. The first-order chi connectivity index (χ1) is 9.88. The molecule has 0 spiro atoms. The average Bonchev–Trinajstić information content (AvgIpc) is 2.41. The van der Waals surface area contributed by atoms with Crippen molar-refractivity contribution in [2.24, 2.45) is 0 Å². The summed E-state index contributed by atoms with van der Waals surface area (Å²) in [5.74, 6) is -0.399. The highest BCUT2D eigenvalue weighted by Gasteiger charge is 2.12. The maximum absolute atomic E-state index is 13.2. The molecule has 0 fully saturated rings. The molecule has 0 aliphatic rings. The number of hydrogen-bond donors (Lipinski definition) is 1. The van der Waals surface area contributed by atoms with Gasteiger partial charge in [0, 0.05) is 24.6 Å². The third-order valence-electron chi connectivity index (χ3n) is 3.26. The first kappa shape index (κ1) is 16.1. The van der Waals surface area contributed by atoms with Gasteiger partial charge in [-0.25, -0.2) is 4.39 Å². The molecule has 0 aliphatic carbocycles. The van der Waals surface area contributed by atoms with Crippen LogP contribution in [0.4, 0.5) is 15.8 Å². The molecule has 2 aromatic carbocycles. The zero-order valence-electron chi connectivity index (χ0n) is 12.1. The minimum absolute atomic E-state index is 0.0103. The fraction of sp³-hybridized carbons (Fsp3) is 0.250. The molecule has 0 bridgehead atoms. The van der Waals surface area contributed by atoms with Gasteiger partial charge in [0.25, 0.3) is 0 Å². The van der Waals surface area contributed by atoms with Crippen LogP contribution < -0.4 is 10.2 Å². The molecule has 0 amide bonds. The van der Waals surface area contributed by atoms with E-state index in [-0.39, 0.29) is 11.1 Å². The van der Waals surface area contributed by atoms with Crippen molar-refractivity contribution >= 4 is 38.9 Å². The second kappa shape index (κ2) is 6.67. The molecular formula is C16H17BrClFN2. The quantitative estimate of drug-likeness (QED) is 0.765. The van der Waals surface area contributed by atoms with Crippen LogP contribution in [0.15, 0.2) is 40.9 Å². The van der Waals surface area contributed by atoms with Gasteiger partial charge in [0.05, 0.1) is 16.4 Å². The lowest BCUT2D eigenvalue weighted by Gasteiger charge is -2.22. The van der Waals surface area contributed by atoms with E-state index in [1.807, 2.05) is 44.1 Å². The number of halogens is 3. The maximum atomic E-state index is 13.2. The number of benzene rings is 2. The van der Waals surface area contributed by atoms with E-state index >= 15 is 0 Å². The van der Waals surface area contributed by atoms with Crippen LogP contribution in [-0.4, -0.2) is 14.1 Å². The van der Waals surface area contributed by atoms with Gasteiger partial charge in [-0.3, -0.25) is 0 Å². The third kappa shape index (κ3) is 3.89. The van der Waals surface area contributed by atoms with Crippen molar-refractivity contribution in [3.8, 4) is 0 Å². The molecule has 0 saturated carbocycles. The molecule has 1 N–H and O–H groups in total. The van der Waals surface area contributed by atoms with E-state index in [2.05, 4.69) is 21.2 Å². The Balaban J connectivity index is 2.28. The molecule has 0 aromatic heterocycles. The van der Waals surface area contributed by atoms with Crippen LogP contribution in [0.3, 0.4) is 0 Å². The predicted octanol–water partition coefficient (Wildman–Crippen LogP) is 5.48. The molecular weight excluding hydrogens is 355 g/mol. The summed E-state index contributed by atoms with van der Waals surface area (Å²) in [4.78, 5) is 2.04. The van der Waals surface area contributed by atoms with Crippen molar-refractivity contribution in [3.05, 3.63) is 57.3 Å². The summed E-state index contributed by atoms with van der Waals surface area (Å²) in [6, 6.07) is 10.9. The Hall–Kier alpha value is -1.26. The number of rotatable bonds is 4. The lowest BCUT2D eigenvalue weighted by molar-refractivity contribution is 0.627. The molecule has 112 valence electrons. The lowest BCUT2D eigenvalue weighted by atomic mass is 10.1. The van der Waals surface area contributed by atoms with Gasteiger partial charge >= 0.3 is 0 Å². The van der Waals surface area contributed by atoms with Gasteiger partial charge < -0.3 is 10.2 Å². The van der Waals surface area contributed by atoms with E-state index < -0.39 is 5.82 Å². The molecule has 1 atom stereocenters. The summed E-state index contributed by atoms with van der Waals surface area (Å²) in [5, 5.41) is 3.58. The van der Waals surface area contributed by atoms with Crippen molar-refractivity contribution < 1.29 is 4.39 Å². The van der Waals surface area contributed by atoms with Crippen LogP contribution in [0.5, 0.6) is 0 Å². The Morgan fingerprint density at radius 1 is 1.19 bits per heavy atom. The van der Waals surface area contributed by atoms with Gasteiger partial charge in [0.2, 0.25) is 0 Å². The van der Waals surface area contributed by atoms with E-state index in [0.29, 0.717) is 0 Å². The first-order valence-corrected chi connectivity index (χ1v) is 7.74. The summed E-state index contributed by atoms with van der Waals surface area (Å²) >= 11 is 9.33. The Labute approximate surface area is 138 Å². The highest BCUT2D eigenvalue weighted by atomic mass is 79.9. The fourth-order valence-corrected chi connectivity index (χ4v) is 2.66. The zero-order valence-corrected chi connectivity index (χ0v) is 14.5. The SMILES string of the molecule is CC(Nc1cc(Br)ccc1N(C)C)c1ccc(F)c(Cl)c1. The molecule has 2 nitrogen and oxygen atoms in total. The van der Waals surface area contributed by atoms with E-state index in [1.54, 1.807) is 12.1 Å². The molecule has 2 rings (SSSR count). The summed E-state index contributed by atoms with van der Waals surface area (Å²) in [6.45, 7) is 2.02. The lowest BCUT2D eigenvalue weighted by Crippen LogP contribution is -2.14. The van der Waals surface area contributed by atoms with Crippen LogP contribution in [0.2, 0.25) is 5.02 Å². The predicted molar refractivity (Wildman–Crippen MR) is 91.9 cm³/mol. The normalized spacial score (nSPS) is 12.1. The summed E-state index contributed by atoms with van der Waals surface area (Å²) in [5.41, 5.74) is 3.02. The summed E-state index contributed by atoms with van der Waals surface area (Å²) in [7, 11) is 3.99. The molecule has 21 heavy (non-hydrogen) atoms. The maximum Gasteiger partial charge on any atom is 0.141 e. The highest BCUT2D eigenvalue weighted by Crippen LogP contribution is 2.31. The summed E-state index contributed by atoms with van der Waals surface area (Å²) < 4.78 is 14.2. The summed E-state index contributed by atoms with van der Waals surface area (Å²) in [6.07, 6.45) is 0. The topological polar surface area (TPSA) is 15.3 Å². The van der Waals surface area contributed by atoms with E-state index in [1.165, 1.54) is 6.07 Å². The smallest absolute Gasteiger partial charge is 0.141 e. The molecule has 0 heterocycles.